The highest BCUT2D eigenvalue weighted by Crippen LogP contribution is 1.77. The lowest BCUT2D eigenvalue weighted by Gasteiger charge is -1.84. The standard InChI is InChI=1S/C5H8N2O/c1-4(6)2-5(7)3-8/h2-3,7H,6H2,1H3/b4-2-,7-5?. The van der Waals surface area contributed by atoms with Crippen LogP contribution in [0.2, 0.25) is 0 Å². The van der Waals surface area contributed by atoms with Gasteiger partial charge in [0.05, 0.1) is 5.71 Å². The van der Waals surface area contributed by atoms with Crippen LogP contribution in [0.15, 0.2) is 11.8 Å². The van der Waals surface area contributed by atoms with E-state index in [0.717, 1.165) is 0 Å². The van der Waals surface area contributed by atoms with Crippen LogP contribution in [-0.4, -0.2) is 12.0 Å². The first-order valence-electron chi connectivity index (χ1n) is 2.14. The van der Waals surface area contributed by atoms with Crippen LogP contribution in [0.4, 0.5) is 0 Å². The Kier molecular flexibility index (Phi) is 2.54. The highest BCUT2D eigenvalue weighted by molar-refractivity contribution is 6.32. The van der Waals surface area contributed by atoms with Crippen molar-refractivity contribution in [2.45, 2.75) is 6.92 Å². The maximum absolute atomic E-state index is 9.72. The second-order valence-corrected chi connectivity index (χ2v) is 1.46. The molecule has 0 aliphatic carbocycles. The van der Waals surface area contributed by atoms with Crippen molar-refractivity contribution in [3.05, 3.63) is 11.8 Å². The molecule has 0 spiro atoms. The van der Waals surface area contributed by atoms with Gasteiger partial charge in [-0.05, 0) is 13.0 Å². The van der Waals surface area contributed by atoms with E-state index in [0.29, 0.717) is 12.0 Å². The van der Waals surface area contributed by atoms with Crippen molar-refractivity contribution in [1.82, 2.24) is 0 Å². The number of nitrogens with one attached hydrogen (secondary N) is 1. The van der Waals surface area contributed by atoms with Crippen molar-refractivity contribution in [3.63, 3.8) is 0 Å². The minimum atomic E-state index is -0.0926. The minimum Gasteiger partial charge on any atom is -0.402 e. The summed E-state index contributed by atoms with van der Waals surface area (Å²) in [5, 5.41) is 6.74. The highest BCUT2D eigenvalue weighted by Gasteiger charge is 1.83. The van der Waals surface area contributed by atoms with Gasteiger partial charge in [0.1, 0.15) is 0 Å². The summed E-state index contributed by atoms with van der Waals surface area (Å²) in [6.45, 7) is 1.62. The van der Waals surface area contributed by atoms with Crippen LogP contribution in [0.25, 0.3) is 0 Å². The topological polar surface area (TPSA) is 66.9 Å². The predicted octanol–water partition coefficient (Wildman–Crippen LogP) is 0.0676. The Balaban J connectivity index is 3.89. The van der Waals surface area contributed by atoms with Crippen LogP contribution in [0.1, 0.15) is 6.92 Å². The van der Waals surface area contributed by atoms with E-state index in [4.69, 9.17) is 11.1 Å². The molecule has 0 aromatic heterocycles. The van der Waals surface area contributed by atoms with Crippen LogP contribution in [0.3, 0.4) is 0 Å². The Bertz CT molecular complexity index is 133. The maximum atomic E-state index is 9.72. The number of carbonyl (C=O) groups is 1. The smallest absolute Gasteiger partial charge is 0.167 e. The number of carbonyl (C=O) groups excluding carboxylic acids is 1. The van der Waals surface area contributed by atoms with E-state index in [1.54, 1.807) is 6.92 Å². The first-order valence-corrected chi connectivity index (χ1v) is 2.14. The molecule has 0 rings (SSSR count). The zero-order valence-corrected chi connectivity index (χ0v) is 4.64. The minimum absolute atomic E-state index is 0.0926. The van der Waals surface area contributed by atoms with E-state index in [9.17, 15) is 4.79 Å². The second kappa shape index (κ2) is 2.96. The summed E-state index contributed by atoms with van der Waals surface area (Å²) in [6.07, 6.45) is 1.74. The number of hydrogen-bond donors (Lipinski definition) is 2. The fourth-order valence-electron chi connectivity index (χ4n) is 0.279. The summed E-state index contributed by atoms with van der Waals surface area (Å²) >= 11 is 0. The van der Waals surface area contributed by atoms with Gasteiger partial charge < -0.3 is 5.73 Å². The van der Waals surface area contributed by atoms with Crippen LogP contribution < -0.4 is 5.73 Å². The molecular formula is C5H8N2O. The number of allylic oxidation sites excluding steroid dienone is 2. The monoisotopic (exact) mass is 112 g/mol. The Morgan fingerprint density at radius 3 is 2.38 bits per heavy atom. The van der Waals surface area contributed by atoms with Crippen molar-refractivity contribution < 1.29 is 4.79 Å². The normalized spacial score (nSPS) is 10.9. The van der Waals surface area contributed by atoms with Gasteiger partial charge in [-0.3, -0.25) is 10.2 Å². The molecule has 0 heterocycles. The van der Waals surface area contributed by atoms with Crippen molar-refractivity contribution >= 4 is 12.0 Å². The summed E-state index contributed by atoms with van der Waals surface area (Å²) in [7, 11) is 0. The Labute approximate surface area is 47.7 Å². The maximum Gasteiger partial charge on any atom is 0.167 e. The largest absolute Gasteiger partial charge is 0.402 e. The van der Waals surface area contributed by atoms with E-state index < -0.39 is 0 Å². The lowest BCUT2D eigenvalue weighted by atomic mass is 10.3. The fraction of sp³-hybridized carbons (Fsp3) is 0.200. The van der Waals surface area contributed by atoms with Crippen molar-refractivity contribution in [3.8, 4) is 0 Å². The van der Waals surface area contributed by atoms with E-state index in [2.05, 4.69) is 0 Å². The van der Waals surface area contributed by atoms with E-state index in [1.165, 1.54) is 6.08 Å². The molecule has 0 aliphatic rings. The highest BCUT2D eigenvalue weighted by atomic mass is 16.1. The molecule has 3 nitrogen and oxygen atoms in total. The second-order valence-electron chi connectivity index (χ2n) is 1.46. The molecule has 0 fully saturated rings. The number of rotatable bonds is 2. The molecular weight excluding hydrogens is 104 g/mol. The zero-order valence-electron chi connectivity index (χ0n) is 4.64. The first-order chi connectivity index (χ1) is 3.66. The molecule has 0 saturated carbocycles. The molecule has 0 aliphatic heterocycles. The molecule has 3 heteroatoms. The van der Waals surface area contributed by atoms with E-state index >= 15 is 0 Å². The summed E-state index contributed by atoms with van der Waals surface area (Å²) in [5.41, 5.74) is 5.51. The molecule has 3 N–H and O–H groups in total. The molecule has 0 unspecified atom stereocenters. The molecule has 0 atom stereocenters. The quantitative estimate of drug-likeness (QED) is 0.392. The van der Waals surface area contributed by atoms with Gasteiger partial charge in [0, 0.05) is 5.70 Å². The Morgan fingerprint density at radius 1 is 1.75 bits per heavy atom. The van der Waals surface area contributed by atoms with Gasteiger partial charge >= 0.3 is 0 Å². The van der Waals surface area contributed by atoms with Crippen molar-refractivity contribution in [2.75, 3.05) is 0 Å². The van der Waals surface area contributed by atoms with Crippen LogP contribution in [0, 0.1) is 5.41 Å². The predicted molar refractivity (Wildman–Crippen MR) is 31.7 cm³/mol. The van der Waals surface area contributed by atoms with E-state index in [-0.39, 0.29) is 5.71 Å². The molecule has 0 radical (unpaired) electrons. The summed E-state index contributed by atoms with van der Waals surface area (Å²) in [4.78, 5) is 9.72. The van der Waals surface area contributed by atoms with E-state index in [1.807, 2.05) is 0 Å². The van der Waals surface area contributed by atoms with Gasteiger partial charge in [-0.15, -0.1) is 0 Å². The average molecular weight is 112 g/mol. The molecule has 0 saturated heterocycles. The lowest BCUT2D eigenvalue weighted by molar-refractivity contribution is -0.102. The van der Waals surface area contributed by atoms with Gasteiger partial charge in [-0.1, -0.05) is 0 Å². The number of hydrogen-bond acceptors (Lipinski definition) is 3. The van der Waals surface area contributed by atoms with Crippen LogP contribution >= 0.6 is 0 Å². The van der Waals surface area contributed by atoms with Crippen LogP contribution in [-0.2, 0) is 4.79 Å². The Morgan fingerprint density at radius 2 is 2.25 bits per heavy atom. The molecule has 0 bridgehead atoms. The summed E-state index contributed by atoms with van der Waals surface area (Å²) in [5.74, 6) is 0. The van der Waals surface area contributed by atoms with Crippen molar-refractivity contribution in [1.29, 1.82) is 5.41 Å². The van der Waals surface area contributed by atoms with Gasteiger partial charge in [-0.25, -0.2) is 0 Å². The Hall–Kier alpha value is -1.12. The third kappa shape index (κ3) is 3.08. The summed E-state index contributed by atoms with van der Waals surface area (Å²) in [6, 6.07) is 0. The van der Waals surface area contributed by atoms with Gasteiger partial charge in [0.25, 0.3) is 0 Å². The molecule has 8 heavy (non-hydrogen) atoms. The average Bonchev–Trinajstić information content (AvgIpc) is 1.65. The zero-order chi connectivity index (χ0) is 6.57. The van der Waals surface area contributed by atoms with Gasteiger partial charge in [0.2, 0.25) is 0 Å². The molecule has 0 aromatic rings. The molecule has 0 aromatic carbocycles. The third-order valence-electron chi connectivity index (χ3n) is 0.510. The third-order valence-corrected chi connectivity index (χ3v) is 0.510. The SMILES string of the molecule is C/C(N)=C/C(=N)C=O. The molecule has 44 valence electrons. The molecule has 0 amide bonds. The first kappa shape index (κ1) is 6.88. The lowest BCUT2D eigenvalue weighted by Crippen LogP contribution is -1.98. The summed E-state index contributed by atoms with van der Waals surface area (Å²) < 4.78 is 0. The number of nitrogens with two attached hydrogens (primary N) is 1. The van der Waals surface area contributed by atoms with Crippen LogP contribution in [0.5, 0.6) is 0 Å². The number of aldehydes is 1. The fourth-order valence-corrected chi connectivity index (χ4v) is 0.279. The van der Waals surface area contributed by atoms with Gasteiger partial charge in [0.15, 0.2) is 6.29 Å². The van der Waals surface area contributed by atoms with Gasteiger partial charge in [-0.2, -0.15) is 0 Å². The van der Waals surface area contributed by atoms with Crippen molar-refractivity contribution in [2.24, 2.45) is 5.73 Å².